The molecule has 0 bridgehead atoms. The predicted molar refractivity (Wildman–Crippen MR) is 113 cm³/mol. The van der Waals surface area contributed by atoms with E-state index in [1.807, 2.05) is 40.6 Å². The Hall–Kier alpha value is -2.21. The number of benzene rings is 2. The van der Waals surface area contributed by atoms with E-state index in [2.05, 4.69) is 41.3 Å². The van der Waals surface area contributed by atoms with Crippen LogP contribution in [0.25, 0.3) is 17.0 Å². The SMILES string of the molecule is Cn1c(-c2ccc(Cl)cc2)nn(CN2CC=C(c3ccccc3)CC2)c1=S. The largest absolute Gasteiger partial charge is 0.303 e. The molecule has 4 rings (SSSR count). The van der Waals surface area contributed by atoms with E-state index in [0.29, 0.717) is 11.7 Å². The summed E-state index contributed by atoms with van der Waals surface area (Å²) in [5, 5.41) is 5.47. The van der Waals surface area contributed by atoms with Gasteiger partial charge in [0.1, 0.15) is 0 Å². The van der Waals surface area contributed by atoms with Crippen molar-refractivity contribution in [2.45, 2.75) is 13.1 Å². The van der Waals surface area contributed by atoms with Gasteiger partial charge in [-0.25, -0.2) is 4.68 Å². The molecule has 0 saturated carbocycles. The Morgan fingerprint density at radius 2 is 1.78 bits per heavy atom. The number of halogens is 1. The highest BCUT2D eigenvalue weighted by molar-refractivity contribution is 7.71. The lowest BCUT2D eigenvalue weighted by atomic mass is 10.00. The molecule has 0 radical (unpaired) electrons. The lowest BCUT2D eigenvalue weighted by Crippen LogP contribution is -2.31. The summed E-state index contributed by atoms with van der Waals surface area (Å²) in [6, 6.07) is 18.3. The van der Waals surface area contributed by atoms with Gasteiger partial charge in [0, 0.05) is 30.7 Å². The molecule has 2 aromatic carbocycles. The van der Waals surface area contributed by atoms with Crippen LogP contribution in [0, 0.1) is 4.77 Å². The van der Waals surface area contributed by atoms with Crippen LogP contribution in [-0.2, 0) is 13.7 Å². The van der Waals surface area contributed by atoms with Crippen molar-refractivity contribution in [2.75, 3.05) is 13.1 Å². The minimum Gasteiger partial charge on any atom is -0.303 e. The van der Waals surface area contributed by atoms with Gasteiger partial charge in [-0.1, -0.05) is 48.0 Å². The highest BCUT2D eigenvalue weighted by atomic mass is 35.5. The van der Waals surface area contributed by atoms with E-state index in [-0.39, 0.29) is 0 Å². The molecule has 0 aliphatic carbocycles. The number of rotatable bonds is 4. The van der Waals surface area contributed by atoms with Crippen LogP contribution in [0.15, 0.2) is 60.7 Å². The molecule has 27 heavy (non-hydrogen) atoms. The van der Waals surface area contributed by atoms with Crippen LogP contribution in [0.3, 0.4) is 0 Å². The van der Waals surface area contributed by atoms with Gasteiger partial charge in [0.2, 0.25) is 0 Å². The molecule has 2 heterocycles. The number of hydrogen-bond acceptors (Lipinski definition) is 3. The van der Waals surface area contributed by atoms with Crippen molar-refractivity contribution < 1.29 is 0 Å². The molecule has 0 N–H and O–H groups in total. The summed E-state index contributed by atoms with van der Waals surface area (Å²) in [5.74, 6) is 0.856. The first-order valence-electron chi connectivity index (χ1n) is 8.98. The van der Waals surface area contributed by atoms with Gasteiger partial charge >= 0.3 is 0 Å². The first kappa shape index (κ1) is 18.2. The van der Waals surface area contributed by atoms with E-state index < -0.39 is 0 Å². The topological polar surface area (TPSA) is 26.0 Å². The van der Waals surface area contributed by atoms with Gasteiger partial charge in [0.15, 0.2) is 10.6 Å². The summed E-state index contributed by atoms with van der Waals surface area (Å²) in [4.78, 5) is 2.36. The molecule has 0 amide bonds. The van der Waals surface area contributed by atoms with Gasteiger partial charge in [-0.15, -0.1) is 0 Å². The van der Waals surface area contributed by atoms with Gasteiger partial charge in [0.05, 0.1) is 6.67 Å². The second-order valence-electron chi connectivity index (χ2n) is 6.74. The van der Waals surface area contributed by atoms with Crippen LogP contribution >= 0.6 is 23.8 Å². The van der Waals surface area contributed by atoms with Crippen molar-refractivity contribution in [3.05, 3.63) is 76.0 Å². The second kappa shape index (κ2) is 7.80. The maximum atomic E-state index is 6.00. The van der Waals surface area contributed by atoms with Crippen molar-refractivity contribution in [3.8, 4) is 11.4 Å². The maximum Gasteiger partial charge on any atom is 0.199 e. The smallest absolute Gasteiger partial charge is 0.199 e. The van der Waals surface area contributed by atoms with Crippen molar-refractivity contribution >= 4 is 29.4 Å². The molecule has 0 fully saturated rings. The molecule has 1 aliphatic heterocycles. The molecule has 0 spiro atoms. The molecule has 4 nitrogen and oxygen atoms in total. The Kier molecular flexibility index (Phi) is 5.25. The molecule has 0 atom stereocenters. The summed E-state index contributed by atoms with van der Waals surface area (Å²) in [6.07, 6.45) is 3.35. The Bertz CT molecular complexity index is 1020. The monoisotopic (exact) mass is 396 g/mol. The molecular formula is C21H21ClN4S. The van der Waals surface area contributed by atoms with Gasteiger partial charge in [-0.2, -0.15) is 5.10 Å². The molecular weight excluding hydrogens is 376 g/mol. The fraction of sp³-hybridized carbons (Fsp3) is 0.238. The third kappa shape index (κ3) is 3.90. The van der Waals surface area contributed by atoms with Crippen LogP contribution in [0.2, 0.25) is 5.02 Å². The predicted octanol–water partition coefficient (Wildman–Crippen LogP) is 5.02. The third-order valence-electron chi connectivity index (χ3n) is 4.92. The van der Waals surface area contributed by atoms with Gasteiger partial charge < -0.3 is 4.57 Å². The summed E-state index contributed by atoms with van der Waals surface area (Å²) >= 11 is 11.6. The minimum atomic E-state index is 0.693. The summed E-state index contributed by atoms with van der Waals surface area (Å²) in [5.41, 5.74) is 3.74. The van der Waals surface area contributed by atoms with E-state index in [9.17, 15) is 0 Å². The lowest BCUT2D eigenvalue weighted by Gasteiger charge is -2.26. The first-order valence-corrected chi connectivity index (χ1v) is 9.77. The molecule has 0 saturated heterocycles. The zero-order chi connectivity index (χ0) is 18.8. The van der Waals surface area contributed by atoms with Gasteiger partial charge in [-0.3, -0.25) is 4.90 Å². The van der Waals surface area contributed by atoms with Crippen molar-refractivity contribution in [3.63, 3.8) is 0 Å². The fourth-order valence-corrected chi connectivity index (χ4v) is 3.68. The van der Waals surface area contributed by atoms with Crippen molar-refractivity contribution in [1.29, 1.82) is 0 Å². The molecule has 3 aromatic rings. The maximum absolute atomic E-state index is 6.00. The lowest BCUT2D eigenvalue weighted by molar-refractivity contribution is 0.226. The van der Waals surface area contributed by atoms with E-state index in [4.69, 9.17) is 28.9 Å². The average molecular weight is 397 g/mol. The third-order valence-corrected chi connectivity index (χ3v) is 5.65. The highest BCUT2D eigenvalue weighted by Gasteiger charge is 2.16. The Balaban J connectivity index is 1.51. The van der Waals surface area contributed by atoms with Crippen LogP contribution in [-0.4, -0.2) is 32.3 Å². The van der Waals surface area contributed by atoms with Crippen molar-refractivity contribution in [1.82, 2.24) is 19.2 Å². The highest BCUT2D eigenvalue weighted by Crippen LogP contribution is 2.23. The Morgan fingerprint density at radius 3 is 2.44 bits per heavy atom. The molecule has 0 unspecified atom stereocenters. The quantitative estimate of drug-likeness (QED) is 0.579. The van der Waals surface area contributed by atoms with E-state index in [1.54, 1.807) is 0 Å². The normalized spacial score (nSPS) is 15.0. The molecule has 1 aliphatic rings. The van der Waals surface area contributed by atoms with E-state index in [0.717, 1.165) is 35.7 Å². The Morgan fingerprint density at radius 1 is 1.04 bits per heavy atom. The van der Waals surface area contributed by atoms with E-state index in [1.165, 1.54) is 11.1 Å². The van der Waals surface area contributed by atoms with Crippen LogP contribution in [0.5, 0.6) is 0 Å². The standard InChI is InChI=1S/C21H21ClN4S/c1-24-20(18-7-9-19(22)10-8-18)23-26(21(24)27)15-25-13-11-17(12-14-25)16-5-3-2-4-6-16/h2-11H,12-15H2,1H3. The summed E-state index contributed by atoms with van der Waals surface area (Å²) in [7, 11) is 1.96. The average Bonchev–Trinajstić information content (AvgIpc) is 2.98. The van der Waals surface area contributed by atoms with Gasteiger partial charge in [0.25, 0.3) is 0 Å². The molecule has 6 heteroatoms. The second-order valence-corrected chi connectivity index (χ2v) is 7.54. The van der Waals surface area contributed by atoms with Crippen LogP contribution < -0.4 is 0 Å². The molecule has 1 aromatic heterocycles. The minimum absolute atomic E-state index is 0.693. The number of nitrogens with zero attached hydrogens (tertiary/aromatic N) is 4. The fourth-order valence-electron chi connectivity index (χ4n) is 3.37. The zero-order valence-corrected chi connectivity index (χ0v) is 16.7. The zero-order valence-electron chi connectivity index (χ0n) is 15.2. The van der Waals surface area contributed by atoms with Crippen molar-refractivity contribution in [2.24, 2.45) is 7.05 Å². The summed E-state index contributed by atoms with van der Waals surface area (Å²) in [6.45, 7) is 2.59. The van der Waals surface area contributed by atoms with Gasteiger partial charge in [-0.05, 0) is 54.0 Å². The van der Waals surface area contributed by atoms with Crippen LogP contribution in [0.1, 0.15) is 12.0 Å². The Labute approximate surface area is 169 Å². The first-order chi connectivity index (χ1) is 13.1. The van der Waals surface area contributed by atoms with Crippen LogP contribution in [0.4, 0.5) is 0 Å². The van der Waals surface area contributed by atoms with E-state index >= 15 is 0 Å². The number of hydrogen-bond donors (Lipinski definition) is 0. The summed E-state index contributed by atoms with van der Waals surface area (Å²) < 4.78 is 4.58. The number of aromatic nitrogens is 3. The molecule has 138 valence electrons.